The van der Waals surface area contributed by atoms with Gasteiger partial charge in [-0.3, -0.25) is 0 Å². The highest BCUT2D eigenvalue weighted by molar-refractivity contribution is 5.49. The third-order valence-electron chi connectivity index (χ3n) is 3.26. The summed E-state index contributed by atoms with van der Waals surface area (Å²) in [5, 5.41) is 0. The minimum Gasteiger partial charge on any atom is -0.497 e. The zero-order valence-corrected chi connectivity index (χ0v) is 10.1. The first-order valence-corrected chi connectivity index (χ1v) is 5.95. The summed E-state index contributed by atoms with van der Waals surface area (Å²) in [6, 6.07) is 8.34. The van der Waals surface area contributed by atoms with Gasteiger partial charge in [0.05, 0.1) is 7.11 Å². The van der Waals surface area contributed by atoms with Crippen LogP contribution in [0.4, 0.5) is 5.69 Å². The van der Waals surface area contributed by atoms with Crippen molar-refractivity contribution in [3.8, 4) is 5.75 Å². The van der Waals surface area contributed by atoms with Crippen molar-refractivity contribution in [3.63, 3.8) is 0 Å². The second-order valence-corrected chi connectivity index (χ2v) is 4.12. The van der Waals surface area contributed by atoms with Gasteiger partial charge in [-0.25, -0.2) is 0 Å². The Morgan fingerprint density at radius 1 is 1.06 bits per heavy atom. The molecule has 0 unspecified atom stereocenters. The van der Waals surface area contributed by atoms with Gasteiger partial charge in [0.2, 0.25) is 0 Å². The predicted molar refractivity (Wildman–Crippen MR) is 67.3 cm³/mol. The van der Waals surface area contributed by atoms with Gasteiger partial charge in [0.15, 0.2) is 0 Å². The van der Waals surface area contributed by atoms with E-state index in [0.29, 0.717) is 0 Å². The van der Waals surface area contributed by atoms with Crippen LogP contribution in [0.15, 0.2) is 24.3 Å². The molecule has 0 bridgehead atoms. The van der Waals surface area contributed by atoms with Gasteiger partial charge in [0.25, 0.3) is 0 Å². The van der Waals surface area contributed by atoms with E-state index in [4.69, 9.17) is 4.74 Å². The molecule has 1 aliphatic heterocycles. The number of anilines is 1. The number of hydrogen-bond donors (Lipinski definition) is 0. The van der Waals surface area contributed by atoms with E-state index in [9.17, 15) is 0 Å². The first kappa shape index (κ1) is 11.3. The van der Waals surface area contributed by atoms with Gasteiger partial charge in [-0.2, -0.15) is 0 Å². The van der Waals surface area contributed by atoms with Gasteiger partial charge >= 0.3 is 0 Å². The lowest BCUT2D eigenvalue weighted by Gasteiger charge is -2.35. The molecule has 0 radical (unpaired) electrons. The van der Waals surface area contributed by atoms with Gasteiger partial charge in [0, 0.05) is 31.9 Å². The van der Waals surface area contributed by atoms with E-state index in [1.54, 1.807) is 7.11 Å². The minimum atomic E-state index is 0.927. The van der Waals surface area contributed by atoms with Crippen LogP contribution in [-0.4, -0.2) is 44.7 Å². The molecule has 1 fully saturated rings. The van der Waals surface area contributed by atoms with Crippen LogP contribution in [0, 0.1) is 0 Å². The molecule has 0 aromatic heterocycles. The Morgan fingerprint density at radius 3 is 2.19 bits per heavy atom. The van der Waals surface area contributed by atoms with Crippen molar-refractivity contribution in [1.29, 1.82) is 0 Å². The van der Waals surface area contributed by atoms with Crippen LogP contribution in [-0.2, 0) is 0 Å². The molecule has 1 heterocycles. The van der Waals surface area contributed by atoms with Crippen molar-refractivity contribution in [2.45, 2.75) is 6.92 Å². The molecule has 0 N–H and O–H groups in total. The molecule has 0 saturated carbocycles. The number of rotatable bonds is 3. The normalized spacial score (nSPS) is 17.5. The lowest BCUT2D eigenvalue weighted by atomic mass is 10.2. The van der Waals surface area contributed by atoms with Crippen molar-refractivity contribution >= 4 is 5.69 Å². The number of nitrogens with zero attached hydrogens (tertiary/aromatic N) is 2. The van der Waals surface area contributed by atoms with E-state index in [-0.39, 0.29) is 0 Å². The monoisotopic (exact) mass is 220 g/mol. The summed E-state index contributed by atoms with van der Waals surface area (Å²) in [4.78, 5) is 4.92. The predicted octanol–water partition coefficient (Wildman–Crippen LogP) is 1.84. The zero-order valence-electron chi connectivity index (χ0n) is 10.1. The summed E-state index contributed by atoms with van der Waals surface area (Å²) in [6.07, 6.45) is 0. The first-order chi connectivity index (χ1) is 7.83. The van der Waals surface area contributed by atoms with E-state index in [0.717, 1.165) is 25.4 Å². The van der Waals surface area contributed by atoms with E-state index < -0.39 is 0 Å². The Morgan fingerprint density at radius 2 is 1.69 bits per heavy atom. The van der Waals surface area contributed by atoms with Crippen LogP contribution in [0.25, 0.3) is 0 Å². The maximum absolute atomic E-state index is 5.16. The van der Waals surface area contributed by atoms with Crippen LogP contribution >= 0.6 is 0 Å². The van der Waals surface area contributed by atoms with Gasteiger partial charge in [-0.05, 0) is 30.8 Å². The molecular weight excluding hydrogens is 200 g/mol. The van der Waals surface area contributed by atoms with Gasteiger partial charge < -0.3 is 14.5 Å². The van der Waals surface area contributed by atoms with Crippen molar-refractivity contribution in [1.82, 2.24) is 4.90 Å². The number of piperazine rings is 1. The summed E-state index contributed by atoms with van der Waals surface area (Å²) in [5.74, 6) is 0.927. The number of likely N-dealkylation sites (N-methyl/N-ethyl adjacent to an activating group) is 1. The maximum atomic E-state index is 5.16. The largest absolute Gasteiger partial charge is 0.497 e. The molecule has 0 spiro atoms. The fourth-order valence-electron chi connectivity index (χ4n) is 2.12. The lowest BCUT2D eigenvalue weighted by Crippen LogP contribution is -2.46. The third-order valence-corrected chi connectivity index (χ3v) is 3.26. The standard InChI is InChI=1S/C13H20N2O/c1-3-14-8-10-15(11-9-14)12-4-6-13(16-2)7-5-12/h4-7H,3,8-11H2,1-2H3. The zero-order chi connectivity index (χ0) is 11.4. The van der Waals surface area contributed by atoms with E-state index in [1.165, 1.54) is 18.8 Å². The van der Waals surface area contributed by atoms with Crippen molar-refractivity contribution in [2.75, 3.05) is 44.7 Å². The fourth-order valence-corrected chi connectivity index (χ4v) is 2.12. The second kappa shape index (κ2) is 5.21. The molecule has 1 aromatic carbocycles. The Balaban J connectivity index is 1.97. The van der Waals surface area contributed by atoms with Gasteiger partial charge in [-0.15, -0.1) is 0 Å². The molecule has 1 saturated heterocycles. The summed E-state index contributed by atoms with van der Waals surface area (Å²) in [6.45, 7) is 7.98. The maximum Gasteiger partial charge on any atom is 0.119 e. The highest BCUT2D eigenvalue weighted by Gasteiger charge is 2.15. The molecule has 2 rings (SSSR count). The summed E-state index contributed by atoms with van der Waals surface area (Å²) in [7, 11) is 1.70. The molecule has 1 aromatic rings. The molecule has 88 valence electrons. The molecule has 1 aliphatic rings. The fraction of sp³-hybridized carbons (Fsp3) is 0.538. The van der Waals surface area contributed by atoms with E-state index in [1.807, 2.05) is 12.1 Å². The SMILES string of the molecule is CCN1CCN(c2ccc(OC)cc2)CC1. The van der Waals surface area contributed by atoms with Crippen LogP contribution in [0.3, 0.4) is 0 Å². The molecule has 0 amide bonds. The quantitative estimate of drug-likeness (QED) is 0.773. The minimum absolute atomic E-state index is 0.927. The Kier molecular flexibility index (Phi) is 3.67. The Labute approximate surface area is 97.6 Å². The average Bonchev–Trinajstić information content (AvgIpc) is 2.39. The highest BCUT2D eigenvalue weighted by Crippen LogP contribution is 2.20. The molecular formula is C13H20N2O. The number of methoxy groups -OCH3 is 1. The smallest absolute Gasteiger partial charge is 0.119 e. The third kappa shape index (κ3) is 2.47. The molecule has 3 heteroatoms. The topological polar surface area (TPSA) is 15.7 Å². The van der Waals surface area contributed by atoms with E-state index in [2.05, 4.69) is 28.9 Å². The van der Waals surface area contributed by atoms with Crippen molar-refractivity contribution < 1.29 is 4.74 Å². The van der Waals surface area contributed by atoms with E-state index >= 15 is 0 Å². The van der Waals surface area contributed by atoms with Crippen LogP contribution in [0.5, 0.6) is 5.75 Å². The van der Waals surface area contributed by atoms with Gasteiger partial charge in [0.1, 0.15) is 5.75 Å². The Hall–Kier alpha value is -1.22. The summed E-state index contributed by atoms with van der Waals surface area (Å²) < 4.78 is 5.16. The van der Waals surface area contributed by atoms with Crippen LogP contribution in [0.1, 0.15) is 6.92 Å². The number of benzene rings is 1. The Bertz CT molecular complexity index is 315. The molecule has 0 atom stereocenters. The molecule has 3 nitrogen and oxygen atoms in total. The highest BCUT2D eigenvalue weighted by atomic mass is 16.5. The average molecular weight is 220 g/mol. The first-order valence-electron chi connectivity index (χ1n) is 5.95. The van der Waals surface area contributed by atoms with Crippen LogP contribution < -0.4 is 9.64 Å². The lowest BCUT2D eigenvalue weighted by molar-refractivity contribution is 0.271. The number of ether oxygens (including phenoxy) is 1. The summed E-state index contributed by atoms with van der Waals surface area (Å²) in [5.41, 5.74) is 1.30. The molecule has 16 heavy (non-hydrogen) atoms. The second-order valence-electron chi connectivity index (χ2n) is 4.12. The molecule has 0 aliphatic carbocycles. The van der Waals surface area contributed by atoms with Gasteiger partial charge in [-0.1, -0.05) is 6.92 Å². The summed E-state index contributed by atoms with van der Waals surface area (Å²) >= 11 is 0. The van der Waals surface area contributed by atoms with Crippen LogP contribution in [0.2, 0.25) is 0 Å². The van der Waals surface area contributed by atoms with Crippen molar-refractivity contribution in [2.24, 2.45) is 0 Å². The van der Waals surface area contributed by atoms with Crippen molar-refractivity contribution in [3.05, 3.63) is 24.3 Å². The number of hydrogen-bond acceptors (Lipinski definition) is 3.